The summed E-state index contributed by atoms with van der Waals surface area (Å²) in [5, 5.41) is 9.80. The van der Waals surface area contributed by atoms with Crippen molar-refractivity contribution in [1.29, 1.82) is 0 Å². The lowest BCUT2D eigenvalue weighted by molar-refractivity contribution is 0.188. The summed E-state index contributed by atoms with van der Waals surface area (Å²) >= 11 is 0. The number of hydrogen-bond donors (Lipinski definition) is 1. The van der Waals surface area contributed by atoms with Crippen LogP contribution in [-0.4, -0.2) is 36.2 Å². The lowest BCUT2D eigenvalue weighted by Crippen LogP contribution is -2.34. The molecule has 2 unspecified atom stereocenters. The Morgan fingerprint density at radius 1 is 1.32 bits per heavy atom. The average molecular weight is 333 g/mol. The van der Waals surface area contributed by atoms with Crippen molar-refractivity contribution in [3.05, 3.63) is 35.4 Å². The lowest BCUT2D eigenvalue weighted by Gasteiger charge is -2.24. The second kappa shape index (κ2) is 7.02. The van der Waals surface area contributed by atoms with Crippen LogP contribution in [0.25, 0.3) is 0 Å². The van der Waals surface area contributed by atoms with Gasteiger partial charge in [0.1, 0.15) is 11.6 Å². The first-order chi connectivity index (χ1) is 10.3. The van der Waals surface area contributed by atoms with Crippen molar-refractivity contribution in [3.63, 3.8) is 0 Å². The first-order valence-electron chi connectivity index (χ1n) is 7.47. The maximum absolute atomic E-state index is 13.9. The van der Waals surface area contributed by atoms with E-state index in [1.54, 1.807) is 0 Å². The van der Waals surface area contributed by atoms with Crippen molar-refractivity contribution < 1.29 is 22.3 Å². The molecule has 2 rings (SSSR count). The fourth-order valence-corrected chi connectivity index (χ4v) is 4.59. The Hall–Kier alpha value is -1.05. The molecule has 1 aliphatic rings. The maximum Gasteiger partial charge on any atom is 0.214 e. The van der Waals surface area contributed by atoms with Gasteiger partial charge in [-0.3, -0.25) is 0 Å². The first kappa shape index (κ1) is 17.3. The number of sulfonamides is 1. The predicted molar refractivity (Wildman–Crippen MR) is 79.7 cm³/mol. The fraction of sp³-hybridized carbons (Fsp3) is 0.600. The number of benzene rings is 1. The van der Waals surface area contributed by atoms with Gasteiger partial charge in [0.15, 0.2) is 0 Å². The Kier molecular flexibility index (Phi) is 5.52. The van der Waals surface area contributed by atoms with Crippen LogP contribution in [0.3, 0.4) is 0 Å². The van der Waals surface area contributed by atoms with Crippen molar-refractivity contribution in [2.45, 2.75) is 44.8 Å². The summed E-state index contributed by atoms with van der Waals surface area (Å²) in [4.78, 5) is 0. The number of halogens is 2. The monoisotopic (exact) mass is 333 g/mol. The molecule has 1 saturated heterocycles. The number of unbranched alkanes of at least 4 members (excludes halogenated alkanes) is 2. The number of aliphatic hydroxyl groups excluding tert-OH is 1. The van der Waals surface area contributed by atoms with Gasteiger partial charge in [0.05, 0.1) is 17.9 Å². The van der Waals surface area contributed by atoms with Crippen LogP contribution in [0.4, 0.5) is 8.78 Å². The quantitative estimate of drug-likeness (QED) is 0.814. The molecule has 0 aromatic heterocycles. The summed E-state index contributed by atoms with van der Waals surface area (Å²) in [5.41, 5.74) is -0.0179. The van der Waals surface area contributed by atoms with Crippen LogP contribution in [0.2, 0.25) is 0 Å². The van der Waals surface area contributed by atoms with Gasteiger partial charge in [0.25, 0.3) is 0 Å². The van der Waals surface area contributed by atoms with E-state index in [2.05, 4.69) is 0 Å². The van der Waals surface area contributed by atoms with E-state index < -0.39 is 33.8 Å². The molecule has 1 aromatic carbocycles. The van der Waals surface area contributed by atoms with Gasteiger partial charge in [0, 0.05) is 12.1 Å². The van der Waals surface area contributed by atoms with E-state index in [1.807, 2.05) is 6.92 Å². The van der Waals surface area contributed by atoms with Crippen molar-refractivity contribution >= 4 is 10.0 Å². The molecule has 1 heterocycles. The third-order valence-electron chi connectivity index (χ3n) is 3.91. The Labute approximate surface area is 129 Å². The second-order valence-electron chi connectivity index (χ2n) is 5.66. The minimum absolute atomic E-state index is 0.0179. The smallest absolute Gasteiger partial charge is 0.214 e. The largest absolute Gasteiger partial charge is 0.392 e. The first-order valence-corrected chi connectivity index (χ1v) is 9.08. The number of aliphatic hydroxyl groups is 1. The van der Waals surface area contributed by atoms with Crippen molar-refractivity contribution in [1.82, 2.24) is 4.31 Å². The van der Waals surface area contributed by atoms with E-state index in [1.165, 1.54) is 0 Å². The van der Waals surface area contributed by atoms with Gasteiger partial charge in [-0.2, -0.15) is 4.31 Å². The molecule has 22 heavy (non-hydrogen) atoms. The fourth-order valence-electron chi connectivity index (χ4n) is 2.80. The summed E-state index contributed by atoms with van der Waals surface area (Å²) in [5.74, 6) is -1.32. The SMILES string of the molecule is CCCCCS(=O)(=O)N1CC(O)CC1c1cc(F)ccc1F. The normalized spacial score (nSPS) is 23.1. The molecular formula is C15H21F2NO3S. The highest BCUT2D eigenvalue weighted by atomic mass is 32.2. The van der Waals surface area contributed by atoms with Crippen LogP contribution in [0, 0.1) is 11.6 Å². The maximum atomic E-state index is 13.9. The standard InChI is InChI=1S/C15H21F2NO3S/c1-2-3-4-7-22(20,21)18-10-12(19)9-15(18)13-8-11(16)5-6-14(13)17/h5-6,8,12,15,19H,2-4,7,9-10H2,1H3. The molecule has 0 spiro atoms. The Balaban J connectivity index is 2.28. The Morgan fingerprint density at radius 3 is 2.73 bits per heavy atom. The minimum atomic E-state index is -3.61. The summed E-state index contributed by atoms with van der Waals surface area (Å²) in [7, 11) is -3.61. The van der Waals surface area contributed by atoms with E-state index in [9.17, 15) is 22.3 Å². The molecule has 0 radical (unpaired) electrons. The summed E-state index contributed by atoms with van der Waals surface area (Å²) in [6.07, 6.45) is 1.40. The van der Waals surface area contributed by atoms with Crippen LogP contribution < -0.4 is 0 Å². The topological polar surface area (TPSA) is 57.6 Å². The van der Waals surface area contributed by atoms with Gasteiger partial charge >= 0.3 is 0 Å². The zero-order valence-corrected chi connectivity index (χ0v) is 13.3. The third-order valence-corrected chi connectivity index (χ3v) is 5.84. The summed E-state index contributed by atoms with van der Waals surface area (Å²) in [6.45, 7) is 1.90. The number of β-amino-alcohol motifs (C(OH)–C–C–N with tert-alkyl or cyclic N) is 1. The van der Waals surface area contributed by atoms with E-state index >= 15 is 0 Å². The Morgan fingerprint density at radius 2 is 2.05 bits per heavy atom. The molecule has 1 aliphatic heterocycles. The molecule has 2 atom stereocenters. The third kappa shape index (κ3) is 3.83. The zero-order valence-electron chi connectivity index (χ0n) is 12.5. The summed E-state index contributed by atoms with van der Waals surface area (Å²) in [6, 6.07) is 2.13. The molecule has 7 heteroatoms. The van der Waals surface area contributed by atoms with Gasteiger partial charge in [0.2, 0.25) is 10.0 Å². The minimum Gasteiger partial charge on any atom is -0.392 e. The van der Waals surface area contributed by atoms with Gasteiger partial charge in [-0.05, 0) is 31.0 Å². The van der Waals surface area contributed by atoms with E-state index in [0.29, 0.717) is 6.42 Å². The molecule has 1 aromatic rings. The van der Waals surface area contributed by atoms with Crippen molar-refractivity contribution in [2.75, 3.05) is 12.3 Å². The molecule has 4 nitrogen and oxygen atoms in total. The van der Waals surface area contributed by atoms with E-state index in [4.69, 9.17) is 0 Å². The molecule has 0 saturated carbocycles. The van der Waals surface area contributed by atoms with Gasteiger partial charge in [-0.15, -0.1) is 0 Å². The van der Waals surface area contributed by atoms with Crippen LogP contribution in [0.5, 0.6) is 0 Å². The highest BCUT2D eigenvalue weighted by Crippen LogP contribution is 2.36. The molecule has 124 valence electrons. The van der Waals surface area contributed by atoms with Gasteiger partial charge < -0.3 is 5.11 Å². The van der Waals surface area contributed by atoms with Crippen LogP contribution in [0.15, 0.2) is 18.2 Å². The molecule has 1 fully saturated rings. The van der Waals surface area contributed by atoms with Crippen LogP contribution in [-0.2, 0) is 10.0 Å². The zero-order chi connectivity index (χ0) is 16.3. The Bertz CT molecular complexity index is 621. The highest BCUT2D eigenvalue weighted by Gasteiger charge is 2.40. The molecule has 0 bridgehead atoms. The van der Waals surface area contributed by atoms with Gasteiger partial charge in [-0.1, -0.05) is 19.8 Å². The predicted octanol–water partition coefficient (Wildman–Crippen LogP) is 2.59. The van der Waals surface area contributed by atoms with Crippen molar-refractivity contribution in [2.24, 2.45) is 0 Å². The lowest BCUT2D eigenvalue weighted by atomic mass is 10.0. The average Bonchev–Trinajstić information content (AvgIpc) is 2.84. The molecule has 1 N–H and O–H groups in total. The number of hydrogen-bond acceptors (Lipinski definition) is 3. The van der Waals surface area contributed by atoms with Crippen LogP contribution in [0.1, 0.15) is 44.2 Å². The van der Waals surface area contributed by atoms with E-state index in [0.717, 1.165) is 35.3 Å². The van der Waals surface area contributed by atoms with E-state index in [-0.39, 0.29) is 24.3 Å². The molecular weight excluding hydrogens is 312 g/mol. The molecule has 0 aliphatic carbocycles. The summed E-state index contributed by atoms with van der Waals surface area (Å²) < 4.78 is 53.3. The number of rotatable bonds is 6. The van der Waals surface area contributed by atoms with Crippen molar-refractivity contribution in [3.8, 4) is 0 Å². The molecule has 0 amide bonds. The van der Waals surface area contributed by atoms with Gasteiger partial charge in [-0.25, -0.2) is 17.2 Å². The number of nitrogens with zero attached hydrogens (tertiary/aromatic N) is 1. The van der Waals surface area contributed by atoms with Crippen LogP contribution >= 0.6 is 0 Å². The second-order valence-corrected chi connectivity index (χ2v) is 7.71. The highest BCUT2D eigenvalue weighted by molar-refractivity contribution is 7.89.